The Kier molecular flexibility index (Phi) is 2.70. The summed E-state index contributed by atoms with van der Waals surface area (Å²) in [5, 5.41) is 14.5. The van der Waals surface area contributed by atoms with Crippen LogP contribution in [0.5, 0.6) is 0 Å². The second-order valence-corrected chi connectivity index (χ2v) is 2.99. The van der Waals surface area contributed by atoms with Crippen LogP contribution in [-0.2, 0) is 0 Å². The van der Waals surface area contributed by atoms with E-state index in [0.717, 1.165) is 0 Å². The summed E-state index contributed by atoms with van der Waals surface area (Å²) in [6, 6.07) is 5.46. The molecule has 0 amide bonds. The summed E-state index contributed by atoms with van der Waals surface area (Å²) in [5.74, 6) is -0.340. The van der Waals surface area contributed by atoms with Crippen LogP contribution in [0.3, 0.4) is 0 Å². The number of halogens is 2. The lowest BCUT2D eigenvalue weighted by atomic mass is 10.1. The van der Waals surface area contributed by atoms with Gasteiger partial charge in [-0.2, -0.15) is 0 Å². The monoisotopic (exact) mass is 228 g/mol. The van der Waals surface area contributed by atoms with E-state index >= 15 is 0 Å². The number of benzene rings is 1. The van der Waals surface area contributed by atoms with Gasteiger partial charge in [-0.15, -0.1) is 0 Å². The highest BCUT2D eigenvalue weighted by Gasteiger charge is 2.03. The molecule has 0 aliphatic carbocycles. The predicted molar refractivity (Wildman–Crippen MR) is 49.9 cm³/mol. The molecule has 1 aromatic rings. The summed E-state index contributed by atoms with van der Waals surface area (Å²) in [6.07, 6.45) is 0. The fraction of sp³-hybridized carbons (Fsp3) is 0. The van der Waals surface area contributed by atoms with Crippen molar-refractivity contribution in [2.45, 2.75) is 0 Å². The molecule has 0 aromatic heterocycles. The normalized spacial score (nSPS) is 9.50. The first-order valence-electron chi connectivity index (χ1n) is 3.20. The van der Waals surface area contributed by atoms with Crippen LogP contribution in [0.4, 0.5) is 4.39 Å². The molecule has 0 fully saturated rings. The van der Waals surface area contributed by atoms with Gasteiger partial charge in [0.15, 0.2) is 0 Å². The fourth-order valence-corrected chi connectivity index (χ4v) is 0.972. The van der Waals surface area contributed by atoms with Gasteiger partial charge in [0.2, 0.25) is 0 Å². The molecule has 62 valence electrons. The molecular weight excluding hydrogens is 223 g/mol. The minimum atomic E-state index is -0.340. The lowest BCUT2D eigenvalue weighted by Gasteiger charge is -1.98. The van der Waals surface area contributed by atoms with E-state index < -0.39 is 0 Å². The van der Waals surface area contributed by atoms with Crippen LogP contribution >= 0.6 is 15.9 Å². The molecular formula is C8H6BrFN2. The average molecular weight is 229 g/mol. The Bertz CT molecular complexity index is 318. The minimum absolute atomic E-state index is 0.00546. The number of rotatable bonds is 2. The van der Waals surface area contributed by atoms with Gasteiger partial charge in [0, 0.05) is 5.56 Å². The molecule has 0 aliphatic rings. The predicted octanol–water partition coefficient (Wildman–Crippen LogP) is 2.57. The minimum Gasteiger partial charge on any atom is -0.297 e. The first-order chi connectivity index (χ1) is 5.61. The summed E-state index contributed by atoms with van der Waals surface area (Å²) in [5.41, 5.74) is 0.577. The van der Waals surface area contributed by atoms with Crippen LogP contribution in [0, 0.1) is 16.6 Å². The highest BCUT2D eigenvalue weighted by Crippen LogP contribution is 2.05. The van der Waals surface area contributed by atoms with Gasteiger partial charge in [-0.25, -0.2) is 4.39 Å². The zero-order valence-electron chi connectivity index (χ0n) is 6.07. The van der Waals surface area contributed by atoms with E-state index in [4.69, 9.17) is 10.8 Å². The smallest absolute Gasteiger partial charge is 0.123 e. The highest BCUT2D eigenvalue weighted by atomic mass is 79.9. The molecule has 2 nitrogen and oxygen atoms in total. The quantitative estimate of drug-likeness (QED) is 0.732. The van der Waals surface area contributed by atoms with E-state index in [0.29, 0.717) is 5.56 Å². The van der Waals surface area contributed by atoms with E-state index in [-0.39, 0.29) is 16.1 Å². The molecule has 0 bridgehead atoms. The van der Waals surface area contributed by atoms with Crippen molar-refractivity contribution >= 4 is 26.3 Å². The van der Waals surface area contributed by atoms with Crippen LogP contribution in [0.2, 0.25) is 0 Å². The van der Waals surface area contributed by atoms with Crippen LogP contribution in [0.1, 0.15) is 5.56 Å². The van der Waals surface area contributed by atoms with E-state index in [9.17, 15) is 4.39 Å². The van der Waals surface area contributed by atoms with Crippen molar-refractivity contribution in [2.75, 3.05) is 0 Å². The molecule has 0 radical (unpaired) electrons. The highest BCUT2D eigenvalue weighted by molar-refractivity contribution is 9.19. The topological polar surface area (TPSA) is 47.7 Å². The third kappa shape index (κ3) is 1.98. The van der Waals surface area contributed by atoms with Gasteiger partial charge >= 0.3 is 0 Å². The first kappa shape index (κ1) is 9.06. The van der Waals surface area contributed by atoms with Crippen LogP contribution in [0.15, 0.2) is 24.3 Å². The van der Waals surface area contributed by atoms with Crippen LogP contribution in [-0.4, -0.2) is 10.3 Å². The van der Waals surface area contributed by atoms with Crippen molar-refractivity contribution in [3.8, 4) is 0 Å². The molecule has 12 heavy (non-hydrogen) atoms. The van der Waals surface area contributed by atoms with Crippen molar-refractivity contribution in [1.29, 1.82) is 10.8 Å². The van der Waals surface area contributed by atoms with Crippen molar-refractivity contribution in [1.82, 2.24) is 0 Å². The van der Waals surface area contributed by atoms with Gasteiger partial charge in [-0.1, -0.05) is 0 Å². The summed E-state index contributed by atoms with van der Waals surface area (Å²) in [4.78, 5) is 0. The maximum absolute atomic E-state index is 12.4. The summed E-state index contributed by atoms with van der Waals surface area (Å²) < 4.78 is 12.4. The Balaban J connectivity index is 2.98. The second-order valence-electron chi connectivity index (χ2n) is 2.20. The summed E-state index contributed by atoms with van der Waals surface area (Å²) in [6.45, 7) is 0. The molecule has 0 saturated carbocycles. The van der Waals surface area contributed by atoms with E-state index in [1.54, 1.807) is 0 Å². The lowest BCUT2D eigenvalue weighted by molar-refractivity contribution is 0.628. The van der Waals surface area contributed by atoms with Crippen LogP contribution < -0.4 is 0 Å². The second kappa shape index (κ2) is 3.58. The summed E-state index contributed by atoms with van der Waals surface area (Å²) in [7, 11) is 0. The van der Waals surface area contributed by atoms with Crippen molar-refractivity contribution < 1.29 is 4.39 Å². The average Bonchev–Trinajstić information content (AvgIpc) is 2.04. The summed E-state index contributed by atoms with van der Waals surface area (Å²) >= 11 is 2.86. The molecule has 0 atom stereocenters. The van der Waals surface area contributed by atoms with Gasteiger partial charge in [0.1, 0.15) is 10.4 Å². The third-order valence-electron chi connectivity index (χ3n) is 1.35. The van der Waals surface area contributed by atoms with Gasteiger partial charge in [-0.3, -0.25) is 10.8 Å². The lowest BCUT2D eigenvalue weighted by Crippen LogP contribution is -2.05. The van der Waals surface area contributed by atoms with E-state index in [1.165, 1.54) is 24.3 Å². The van der Waals surface area contributed by atoms with Gasteiger partial charge < -0.3 is 0 Å². The van der Waals surface area contributed by atoms with E-state index in [2.05, 4.69) is 15.9 Å². The fourth-order valence-electron chi connectivity index (χ4n) is 0.743. The molecule has 0 aliphatic heterocycles. The largest absolute Gasteiger partial charge is 0.297 e. The molecule has 1 rings (SSSR count). The Labute approximate surface area is 77.6 Å². The Hall–Kier alpha value is -1.03. The number of hydrogen-bond donors (Lipinski definition) is 2. The maximum Gasteiger partial charge on any atom is 0.123 e. The molecule has 4 heteroatoms. The number of nitrogens with one attached hydrogen (secondary N) is 2. The third-order valence-corrected chi connectivity index (χ3v) is 1.75. The molecule has 0 spiro atoms. The Morgan fingerprint density at radius 1 is 1.17 bits per heavy atom. The zero-order valence-corrected chi connectivity index (χ0v) is 7.65. The van der Waals surface area contributed by atoms with Crippen LogP contribution in [0.25, 0.3) is 0 Å². The van der Waals surface area contributed by atoms with Crippen molar-refractivity contribution in [3.63, 3.8) is 0 Å². The molecule has 1 aromatic carbocycles. The molecule has 2 N–H and O–H groups in total. The number of hydrogen-bond acceptors (Lipinski definition) is 2. The van der Waals surface area contributed by atoms with Gasteiger partial charge in [0.25, 0.3) is 0 Å². The van der Waals surface area contributed by atoms with Gasteiger partial charge in [0.05, 0.1) is 5.71 Å². The SMILES string of the molecule is N=C(Br)C(=N)c1ccc(F)cc1. The zero-order chi connectivity index (χ0) is 9.14. The molecule has 0 heterocycles. The van der Waals surface area contributed by atoms with Crippen molar-refractivity contribution in [2.24, 2.45) is 0 Å². The van der Waals surface area contributed by atoms with Crippen molar-refractivity contribution in [3.05, 3.63) is 35.6 Å². The molecule has 0 unspecified atom stereocenters. The van der Waals surface area contributed by atoms with E-state index in [1.807, 2.05) is 0 Å². The van der Waals surface area contributed by atoms with Gasteiger partial charge in [-0.05, 0) is 40.2 Å². The molecule has 0 saturated heterocycles. The first-order valence-corrected chi connectivity index (χ1v) is 3.99. The Morgan fingerprint density at radius 3 is 2.08 bits per heavy atom. The standard InChI is InChI=1S/C8H6BrFN2/c9-8(12)7(11)5-1-3-6(10)4-2-5/h1-4,11-12H. The maximum atomic E-state index is 12.4. The Morgan fingerprint density at radius 2 is 1.67 bits per heavy atom.